The number of thiophene rings is 1. The second-order valence-electron chi connectivity index (χ2n) is 7.12. The number of rotatable bonds is 3. The van der Waals surface area contributed by atoms with Crippen molar-refractivity contribution in [3.05, 3.63) is 16.0 Å². The summed E-state index contributed by atoms with van der Waals surface area (Å²) >= 11 is 1.61. The van der Waals surface area contributed by atoms with Crippen LogP contribution in [0.25, 0.3) is 0 Å². The molecule has 1 aromatic rings. The Hall–Kier alpha value is -1.34. The van der Waals surface area contributed by atoms with Gasteiger partial charge in [-0.25, -0.2) is 0 Å². The lowest BCUT2D eigenvalue weighted by molar-refractivity contribution is -0.117. The van der Waals surface area contributed by atoms with Gasteiger partial charge >= 0.3 is 0 Å². The predicted octanol–water partition coefficient (Wildman–Crippen LogP) is 4.51. The van der Waals surface area contributed by atoms with Gasteiger partial charge in [0.15, 0.2) is 0 Å². The molecule has 21 heavy (non-hydrogen) atoms. The normalized spacial score (nSPS) is 18.0. The van der Waals surface area contributed by atoms with Crippen molar-refractivity contribution in [1.29, 1.82) is 5.26 Å². The number of nitrogens with one attached hydrogen (secondary N) is 1. The molecule has 0 fully saturated rings. The van der Waals surface area contributed by atoms with E-state index in [9.17, 15) is 10.1 Å². The van der Waals surface area contributed by atoms with Crippen LogP contribution in [0.2, 0.25) is 0 Å². The van der Waals surface area contributed by atoms with Crippen LogP contribution in [0.1, 0.15) is 63.0 Å². The number of fused-ring (bicyclic) bond motifs is 1. The summed E-state index contributed by atoms with van der Waals surface area (Å²) in [6, 6.07) is 2.30. The summed E-state index contributed by atoms with van der Waals surface area (Å²) in [7, 11) is 0. The molecule has 4 heteroatoms. The third-order valence-corrected chi connectivity index (χ3v) is 5.17. The van der Waals surface area contributed by atoms with Gasteiger partial charge in [0.1, 0.15) is 11.1 Å². The summed E-state index contributed by atoms with van der Waals surface area (Å²) < 4.78 is 0. The van der Waals surface area contributed by atoms with Crippen LogP contribution >= 0.6 is 11.3 Å². The van der Waals surface area contributed by atoms with Crippen LogP contribution in [0.4, 0.5) is 5.00 Å². The number of nitriles is 1. The van der Waals surface area contributed by atoms with Crippen molar-refractivity contribution >= 4 is 22.2 Å². The van der Waals surface area contributed by atoms with E-state index in [1.165, 1.54) is 16.9 Å². The van der Waals surface area contributed by atoms with Gasteiger partial charge in [0.05, 0.1) is 5.56 Å². The molecule has 0 saturated carbocycles. The van der Waals surface area contributed by atoms with Gasteiger partial charge in [0.25, 0.3) is 0 Å². The minimum Gasteiger partial charge on any atom is -0.317 e. The highest BCUT2D eigenvalue weighted by Crippen LogP contribution is 2.40. The molecule has 0 saturated heterocycles. The Morgan fingerprint density at radius 2 is 2.19 bits per heavy atom. The zero-order valence-corrected chi connectivity index (χ0v) is 14.2. The number of nitrogens with zero attached hydrogens (tertiary/aromatic N) is 1. The van der Waals surface area contributed by atoms with E-state index < -0.39 is 0 Å². The van der Waals surface area contributed by atoms with Crippen LogP contribution in [0.3, 0.4) is 0 Å². The maximum Gasteiger partial charge on any atom is 0.225 e. The average molecular weight is 304 g/mol. The molecule has 0 spiro atoms. The van der Waals surface area contributed by atoms with E-state index in [4.69, 9.17) is 0 Å². The average Bonchev–Trinajstić information content (AvgIpc) is 2.71. The Labute approximate surface area is 131 Å². The van der Waals surface area contributed by atoms with E-state index in [2.05, 4.69) is 18.3 Å². The quantitative estimate of drug-likeness (QED) is 0.893. The Kier molecular flexibility index (Phi) is 4.73. The van der Waals surface area contributed by atoms with Crippen LogP contribution in [-0.2, 0) is 17.6 Å². The summed E-state index contributed by atoms with van der Waals surface area (Å²) in [4.78, 5) is 13.4. The summed E-state index contributed by atoms with van der Waals surface area (Å²) in [6.07, 6.45) is 4.84. The van der Waals surface area contributed by atoms with E-state index in [1.807, 2.05) is 20.8 Å². The molecule has 3 nitrogen and oxygen atoms in total. The second-order valence-corrected chi connectivity index (χ2v) is 8.23. The maximum absolute atomic E-state index is 12.1. The third kappa shape index (κ3) is 3.85. The van der Waals surface area contributed by atoms with Crippen LogP contribution in [0.15, 0.2) is 0 Å². The van der Waals surface area contributed by atoms with Crippen molar-refractivity contribution in [3.8, 4) is 6.07 Å². The molecule has 114 valence electrons. The van der Waals surface area contributed by atoms with Crippen molar-refractivity contribution in [2.24, 2.45) is 11.3 Å². The maximum atomic E-state index is 12.1. The Morgan fingerprint density at radius 1 is 1.48 bits per heavy atom. The lowest BCUT2D eigenvalue weighted by Gasteiger charge is -2.20. The van der Waals surface area contributed by atoms with Crippen molar-refractivity contribution in [2.75, 3.05) is 5.32 Å². The third-order valence-electron chi connectivity index (χ3n) is 4.00. The van der Waals surface area contributed by atoms with E-state index in [-0.39, 0.29) is 11.3 Å². The number of carbonyl (C=O) groups excluding carboxylic acids is 1. The fraction of sp³-hybridized carbons (Fsp3) is 0.647. The van der Waals surface area contributed by atoms with Gasteiger partial charge in [-0.05, 0) is 36.2 Å². The van der Waals surface area contributed by atoms with Gasteiger partial charge < -0.3 is 5.32 Å². The van der Waals surface area contributed by atoms with Crippen LogP contribution < -0.4 is 5.32 Å². The Morgan fingerprint density at radius 3 is 2.76 bits per heavy atom. The fourth-order valence-corrected chi connectivity index (χ4v) is 4.19. The first-order valence-electron chi connectivity index (χ1n) is 7.68. The largest absolute Gasteiger partial charge is 0.317 e. The predicted molar refractivity (Wildman–Crippen MR) is 87.5 cm³/mol. The van der Waals surface area contributed by atoms with Crippen LogP contribution in [0, 0.1) is 22.7 Å². The molecule has 0 radical (unpaired) electrons. The SMILES string of the molecule is CC[C@H]1CCc2c(sc(NC(=O)CC(C)(C)C)c2C#N)C1. The molecule has 1 aliphatic rings. The molecule has 1 aliphatic carbocycles. The number of hydrogen-bond acceptors (Lipinski definition) is 3. The van der Waals surface area contributed by atoms with Gasteiger partial charge in [0, 0.05) is 11.3 Å². The van der Waals surface area contributed by atoms with Crippen molar-refractivity contribution in [2.45, 2.75) is 59.8 Å². The summed E-state index contributed by atoms with van der Waals surface area (Å²) in [5.74, 6) is 0.727. The molecule has 0 aliphatic heterocycles. The molecule has 1 atom stereocenters. The lowest BCUT2D eigenvalue weighted by atomic mass is 9.86. The summed E-state index contributed by atoms with van der Waals surface area (Å²) in [5.41, 5.74) is 1.84. The minimum absolute atomic E-state index is 0.00429. The van der Waals surface area contributed by atoms with Gasteiger partial charge in [-0.2, -0.15) is 5.26 Å². The van der Waals surface area contributed by atoms with Crippen molar-refractivity contribution in [3.63, 3.8) is 0 Å². The number of amides is 1. The Balaban J connectivity index is 2.20. The standard InChI is InChI=1S/C17H24N2OS/c1-5-11-6-7-12-13(10-18)16(21-14(12)8-11)19-15(20)9-17(2,3)4/h11H,5-9H2,1-4H3,(H,19,20)/t11-/m0/s1. The van der Waals surface area contributed by atoms with Gasteiger partial charge in [-0.15, -0.1) is 11.3 Å². The lowest BCUT2D eigenvalue weighted by Crippen LogP contribution is -2.19. The number of anilines is 1. The zero-order chi connectivity index (χ0) is 15.6. The molecule has 0 aromatic carbocycles. The fourth-order valence-electron chi connectivity index (χ4n) is 2.86. The number of carbonyl (C=O) groups is 1. The summed E-state index contributed by atoms with van der Waals surface area (Å²) in [6.45, 7) is 8.36. The Bertz CT molecular complexity index is 575. The second kappa shape index (κ2) is 6.19. The highest BCUT2D eigenvalue weighted by Gasteiger charge is 2.26. The first kappa shape index (κ1) is 16.0. The molecule has 1 heterocycles. The first-order valence-corrected chi connectivity index (χ1v) is 8.50. The number of hydrogen-bond donors (Lipinski definition) is 1. The zero-order valence-electron chi connectivity index (χ0n) is 13.4. The monoisotopic (exact) mass is 304 g/mol. The van der Waals surface area contributed by atoms with Crippen molar-refractivity contribution in [1.82, 2.24) is 0 Å². The smallest absolute Gasteiger partial charge is 0.225 e. The van der Waals surface area contributed by atoms with Gasteiger partial charge in [0.2, 0.25) is 5.91 Å². The van der Waals surface area contributed by atoms with E-state index in [1.54, 1.807) is 11.3 Å². The molecule has 0 unspecified atom stereocenters. The van der Waals surface area contributed by atoms with E-state index in [0.717, 1.165) is 30.2 Å². The highest BCUT2D eigenvalue weighted by atomic mass is 32.1. The summed E-state index contributed by atoms with van der Waals surface area (Å²) in [5, 5.41) is 13.2. The molecule has 1 aromatic heterocycles. The van der Waals surface area contributed by atoms with Crippen molar-refractivity contribution < 1.29 is 4.79 Å². The molecule has 0 bridgehead atoms. The van der Waals surface area contributed by atoms with Crippen LogP contribution in [-0.4, -0.2) is 5.91 Å². The molecular formula is C17H24N2OS. The van der Waals surface area contributed by atoms with E-state index in [0.29, 0.717) is 12.0 Å². The molecule has 1 amide bonds. The first-order chi connectivity index (χ1) is 9.84. The van der Waals surface area contributed by atoms with E-state index >= 15 is 0 Å². The van der Waals surface area contributed by atoms with Gasteiger partial charge in [-0.1, -0.05) is 34.1 Å². The molecule has 1 N–H and O–H groups in total. The minimum atomic E-state index is -0.0406. The molecular weight excluding hydrogens is 280 g/mol. The van der Waals surface area contributed by atoms with Gasteiger partial charge in [-0.3, -0.25) is 4.79 Å². The highest BCUT2D eigenvalue weighted by molar-refractivity contribution is 7.16. The topological polar surface area (TPSA) is 52.9 Å². The van der Waals surface area contributed by atoms with Crippen LogP contribution in [0.5, 0.6) is 0 Å². The molecule has 2 rings (SSSR count).